The maximum atomic E-state index is 11.4. The molecule has 1 aromatic heterocycles. The third kappa shape index (κ3) is 4.01. The Morgan fingerprint density at radius 3 is 2.13 bits per heavy atom. The fraction of sp³-hybridized carbons (Fsp3) is 0.556. The lowest BCUT2D eigenvalue weighted by atomic mass is 10.4. The predicted molar refractivity (Wildman–Crippen MR) is 63.9 cm³/mol. The molecule has 0 amide bonds. The Kier molecular flexibility index (Phi) is 5.63. The van der Waals surface area contributed by atoms with Crippen LogP contribution in [0.4, 0.5) is 0 Å². The van der Waals surface area contributed by atoms with Crippen LogP contribution in [-0.4, -0.2) is 19.1 Å². The molecule has 1 aromatic rings. The van der Waals surface area contributed by atoms with Gasteiger partial charge in [-0.05, 0) is 6.92 Å². The van der Waals surface area contributed by atoms with Gasteiger partial charge in [0, 0.05) is 13.2 Å². The number of aromatic nitrogens is 2. The molecule has 0 unspecified atom stereocenters. The number of rotatable bonds is 1. The van der Waals surface area contributed by atoms with Crippen molar-refractivity contribution in [1.29, 1.82) is 0 Å². The van der Waals surface area contributed by atoms with Crippen LogP contribution in [0.3, 0.4) is 0 Å². The van der Waals surface area contributed by atoms with Crippen LogP contribution in [0.25, 0.3) is 0 Å². The minimum absolute atomic E-state index is 0.150. The van der Waals surface area contributed by atoms with Crippen molar-refractivity contribution in [2.24, 2.45) is 7.05 Å². The monoisotopic (exact) mass is 270 g/mol. The Morgan fingerprint density at radius 1 is 1.40 bits per heavy atom. The summed E-state index contributed by atoms with van der Waals surface area (Å²) in [5.41, 5.74) is 0.708. The molecular weight excluding hydrogens is 258 g/mol. The Hall–Kier alpha value is -0.250. The minimum Gasteiger partial charge on any atom is -0.331 e. The molecule has 1 heterocycles. The molecule has 1 rings (SSSR count). The van der Waals surface area contributed by atoms with Crippen LogP contribution >= 0.6 is 34.8 Å². The Labute approximate surface area is 104 Å². The van der Waals surface area contributed by atoms with Crippen molar-refractivity contribution < 1.29 is 4.79 Å². The average Bonchev–Trinajstić information content (AvgIpc) is 2.46. The smallest absolute Gasteiger partial charge is 0.256 e. The highest BCUT2D eigenvalue weighted by atomic mass is 35.6. The normalized spacial score (nSPS) is 10.6. The number of nitrogens with zero attached hydrogens (tertiary/aromatic N) is 2. The van der Waals surface area contributed by atoms with E-state index in [0.717, 1.165) is 0 Å². The van der Waals surface area contributed by atoms with Crippen LogP contribution in [0.2, 0.25) is 0 Å². The zero-order valence-corrected chi connectivity index (χ0v) is 11.3. The topological polar surface area (TPSA) is 34.9 Å². The number of carbonyl (C=O) groups is 1. The van der Waals surface area contributed by atoms with Gasteiger partial charge in [0.1, 0.15) is 0 Å². The molecule has 0 bridgehead atoms. The van der Waals surface area contributed by atoms with Crippen molar-refractivity contribution in [3.63, 3.8) is 0 Å². The number of alkyl halides is 3. The predicted octanol–water partition coefficient (Wildman–Crippen LogP) is 3.31. The molecule has 3 nitrogen and oxygen atoms in total. The summed E-state index contributed by atoms with van der Waals surface area (Å²) in [5.74, 6) is -0.467. The highest BCUT2D eigenvalue weighted by molar-refractivity contribution is 6.77. The third-order valence-electron chi connectivity index (χ3n) is 1.46. The van der Waals surface area contributed by atoms with E-state index >= 15 is 0 Å². The molecule has 86 valence electrons. The van der Waals surface area contributed by atoms with Crippen LogP contribution < -0.4 is 0 Å². The van der Waals surface area contributed by atoms with Gasteiger partial charge in [0.25, 0.3) is 3.79 Å². The van der Waals surface area contributed by atoms with Gasteiger partial charge < -0.3 is 4.57 Å². The largest absolute Gasteiger partial charge is 0.331 e. The van der Waals surface area contributed by atoms with Crippen molar-refractivity contribution in [2.75, 3.05) is 0 Å². The lowest BCUT2D eigenvalue weighted by Crippen LogP contribution is -2.22. The van der Waals surface area contributed by atoms with Crippen LogP contribution in [-0.2, 0) is 7.05 Å². The third-order valence-corrected chi connectivity index (χ3v) is 1.97. The number of carbonyl (C=O) groups excluding carboxylic acids is 1. The van der Waals surface area contributed by atoms with Gasteiger partial charge in [-0.15, -0.1) is 0 Å². The summed E-state index contributed by atoms with van der Waals surface area (Å²) in [6, 6.07) is 0. The lowest BCUT2D eigenvalue weighted by Gasteiger charge is -2.07. The lowest BCUT2D eigenvalue weighted by molar-refractivity contribution is 0.0983. The van der Waals surface area contributed by atoms with Gasteiger partial charge in [0.2, 0.25) is 5.78 Å². The molecular formula is C9H13Cl3N2O. The summed E-state index contributed by atoms with van der Waals surface area (Å²) in [5, 5.41) is 0. The molecule has 0 saturated heterocycles. The van der Waals surface area contributed by atoms with Crippen LogP contribution in [0, 0.1) is 6.92 Å². The first-order chi connectivity index (χ1) is 6.82. The van der Waals surface area contributed by atoms with E-state index in [-0.39, 0.29) is 5.82 Å². The van der Waals surface area contributed by atoms with Gasteiger partial charge in [0.15, 0.2) is 5.82 Å². The quantitative estimate of drug-likeness (QED) is 0.580. The van der Waals surface area contributed by atoms with Crippen LogP contribution in [0.1, 0.15) is 30.2 Å². The van der Waals surface area contributed by atoms with Crippen LogP contribution in [0.5, 0.6) is 0 Å². The summed E-state index contributed by atoms with van der Waals surface area (Å²) in [6.07, 6.45) is 1.68. The molecule has 6 heteroatoms. The van der Waals surface area contributed by atoms with E-state index in [1.165, 1.54) is 4.57 Å². The summed E-state index contributed by atoms with van der Waals surface area (Å²) in [6.45, 7) is 5.76. The van der Waals surface area contributed by atoms with E-state index in [2.05, 4.69) is 4.98 Å². The number of ketones is 1. The molecule has 0 aliphatic carbocycles. The Balaban J connectivity index is 0.000000921. The molecule has 0 saturated carbocycles. The van der Waals surface area contributed by atoms with Gasteiger partial charge in [-0.25, -0.2) is 4.98 Å². The number of Topliss-reactive ketones (excluding diaryl/α,β-unsaturated/α-hetero) is 1. The summed E-state index contributed by atoms with van der Waals surface area (Å²) in [7, 11) is 1.67. The highest BCUT2D eigenvalue weighted by Gasteiger charge is 2.34. The zero-order chi connectivity index (χ0) is 12.2. The Bertz CT molecular complexity index is 342. The van der Waals surface area contributed by atoms with Gasteiger partial charge in [-0.1, -0.05) is 48.7 Å². The summed E-state index contributed by atoms with van der Waals surface area (Å²) >= 11 is 16.3. The molecule has 0 atom stereocenters. The molecule has 0 aliphatic heterocycles. The first-order valence-corrected chi connectivity index (χ1v) is 5.57. The van der Waals surface area contributed by atoms with Crippen molar-refractivity contribution in [2.45, 2.75) is 24.6 Å². The maximum absolute atomic E-state index is 11.4. The second-order valence-corrected chi connectivity index (χ2v) is 4.92. The number of imidazole rings is 1. The molecule has 0 fully saturated rings. The summed E-state index contributed by atoms with van der Waals surface area (Å²) in [4.78, 5) is 15.4. The highest BCUT2D eigenvalue weighted by Crippen LogP contribution is 2.29. The average molecular weight is 272 g/mol. The van der Waals surface area contributed by atoms with E-state index in [9.17, 15) is 4.79 Å². The van der Waals surface area contributed by atoms with E-state index in [4.69, 9.17) is 34.8 Å². The van der Waals surface area contributed by atoms with Crippen molar-refractivity contribution >= 4 is 40.6 Å². The van der Waals surface area contributed by atoms with E-state index < -0.39 is 9.58 Å². The molecule has 0 radical (unpaired) electrons. The van der Waals surface area contributed by atoms with Gasteiger partial charge in [-0.3, -0.25) is 4.79 Å². The van der Waals surface area contributed by atoms with Gasteiger partial charge >= 0.3 is 0 Å². The number of hydrogen-bond donors (Lipinski definition) is 0. The van der Waals surface area contributed by atoms with Crippen molar-refractivity contribution in [3.8, 4) is 0 Å². The second kappa shape index (κ2) is 5.73. The molecule has 0 aliphatic rings. The molecule has 0 N–H and O–H groups in total. The SMILES string of the molecule is CC.Cc1cn(C)c(C(=O)C(Cl)(Cl)Cl)n1. The fourth-order valence-electron chi connectivity index (χ4n) is 0.954. The van der Waals surface area contributed by atoms with E-state index in [1.807, 2.05) is 13.8 Å². The van der Waals surface area contributed by atoms with Crippen molar-refractivity contribution in [3.05, 3.63) is 17.7 Å². The van der Waals surface area contributed by atoms with Crippen LogP contribution in [0.15, 0.2) is 6.20 Å². The number of halogens is 3. The standard InChI is InChI=1S/C7H7Cl3N2O.C2H6/c1-4-3-12(2)6(11-4)5(13)7(8,9)10;1-2/h3H,1-2H3;1-2H3. The Morgan fingerprint density at radius 2 is 1.87 bits per heavy atom. The first kappa shape index (κ1) is 14.8. The zero-order valence-electron chi connectivity index (χ0n) is 9.01. The number of hydrogen-bond acceptors (Lipinski definition) is 2. The fourth-order valence-corrected chi connectivity index (χ4v) is 1.21. The summed E-state index contributed by atoms with van der Waals surface area (Å²) < 4.78 is -0.412. The molecule has 0 aromatic carbocycles. The van der Waals surface area contributed by atoms with Gasteiger partial charge in [-0.2, -0.15) is 0 Å². The second-order valence-electron chi connectivity index (χ2n) is 2.64. The number of aryl methyl sites for hydroxylation is 2. The molecule has 15 heavy (non-hydrogen) atoms. The van der Waals surface area contributed by atoms with E-state index in [1.54, 1.807) is 20.2 Å². The van der Waals surface area contributed by atoms with E-state index in [0.29, 0.717) is 5.69 Å². The van der Waals surface area contributed by atoms with Crippen molar-refractivity contribution in [1.82, 2.24) is 9.55 Å². The first-order valence-electron chi connectivity index (χ1n) is 4.44. The van der Waals surface area contributed by atoms with Gasteiger partial charge in [0.05, 0.1) is 5.69 Å². The maximum Gasteiger partial charge on any atom is 0.256 e. The minimum atomic E-state index is -1.94. The molecule has 0 spiro atoms.